The van der Waals surface area contributed by atoms with Crippen LogP contribution in [0.2, 0.25) is 0 Å². The summed E-state index contributed by atoms with van der Waals surface area (Å²) in [5.41, 5.74) is 14.5. The van der Waals surface area contributed by atoms with Gasteiger partial charge in [0, 0.05) is 16.4 Å². The molecule has 0 amide bonds. The molecule has 0 aromatic heterocycles. The number of hydrogen-bond acceptors (Lipinski definition) is 2. The van der Waals surface area contributed by atoms with Gasteiger partial charge < -0.3 is 0 Å². The second-order valence-corrected chi connectivity index (χ2v) is 14.2. The van der Waals surface area contributed by atoms with Crippen LogP contribution in [-0.4, -0.2) is 5.84 Å². The van der Waals surface area contributed by atoms with E-state index in [2.05, 4.69) is 166 Å². The fourth-order valence-electron chi connectivity index (χ4n) is 8.29. The predicted molar refractivity (Wildman–Crippen MR) is 189 cm³/mol. The summed E-state index contributed by atoms with van der Waals surface area (Å²) in [5.74, 6) is 1.04. The quantitative estimate of drug-likeness (QED) is 0.211. The van der Waals surface area contributed by atoms with E-state index in [0.29, 0.717) is 0 Å². The number of rotatable bonds is 3. The molecule has 3 nitrogen and oxygen atoms in total. The van der Waals surface area contributed by atoms with Crippen LogP contribution >= 0.6 is 0 Å². The van der Waals surface area contributed by atoms with Gasteiger partial charge in [0.25, 0.3) is 0 Å². The van der Waals surface area contributed by atoms with Gasteiger partial charge in [-0.25, -0.2) is 10.3 Å². The highest BCUT2D eigenvalue weighted by atomic mass is 15.3. The van der Waals surface area contributed by atoms with Crippen molar-refractivity contribution in [3.63, 3.8) is 0 Å². The van der Waals surface area contributed by atoms with Crippen LogP contribution < -0.4 is 10.6 Å². The van der Waals surface area contributed by atoms with Crippen molar-refractivity contribution < 1.29 is 5.32 Å². The molecule has 0 saturated heterocycles. The lowest BCUT2D eigenvalue weighted by atomic mass is 9.81. The number of quaternary nitrogens is 1. The molecule has 46 heavy (non-hydrogen) atoms. The highest BCUT2D eigenvalue weighted by molar-refractivity contribution is 5.94. The minimum absolute atomic E-state index is 0.00671. The van der Waals surface area contributed by atoms with Crippen molar-refractivity contribution in [2.75, 3.05) is 0 Å². The Balaban J connectivity index is 1.15. The standard InChI is InChI=1S/C43H37N3/c1-42(2)35-15-9-7-13-31(35)33-21-19-29(24-37(33)42)40-44-39(28-18-17-26-11-5-6-12-27(26)23-28)45-41(46-40)30-20-22-34-32-14-8-10-16-36(32)43(3,4)38(34)25-30/h5-25,39-40,44H,1-4H3,(H,45,46)/p+1. The van der Waals surface area contributed by atoms with Gasteiger partial charge in [0.2, 0.25) is 5.84 Å². The van der Waals surface area contributed by atoms with Crippen LogP contribution in [0.5, 0.6) is 0 Å². The van der Waals surface area contributed by atoms with Gasteiger partial charge in [-0.2, -0.15) is 0 Å². The molecule has 2 aliphatic carbocycles. The van der Waals surface area contributed by atoms with E-state index < -0.39 is 0 Å². The van der Waals surface area contributed by atoms with Gasteiger partial charge in [0.1, 0.15) is 6.17 Å². The van der Waals surface area contributed by atoms with E-state index in [-0.39, 0.29) is 23.2 Å². The molecule has 0 radical (unpaired) electrons. The number of nitrogens with one attached hydrogen (secondary N) is 1. The number of nitrogens with two attached hydrogens (primary N) is 1. The molecule has 2 atom stereocenters. The zero-order chi connectivity index (χ0) is 31.2. The molecular formula is C43H38N3+. The minimum atomic E-state index is -0.175. The van der Waals surface area contributed by atoms with Crippen molar-refractivity contribution in [1.29, 1.82) is 0 Å². The fourth-order valence-corrected chi connectivity index (χ4v) is 8.29. The molecule has 3 heteroatoms. The van der Waals surface area contributed by atoms with Crippen LogP contribution in [-0.2, 0) is 10.8 Å². The van der Waals surface area contributed by atoms with Gasteiger partial charge in [-0.15, -0.1) is 0 Å². The van der Waals surface area contributed by atoms with E-state index >= 15 is 0 Å². The zero-order valence-corrected chi connectivity index (χ0v) is 26.8. The van der Waals surface area contributed by atoms with Crippen molar-refractivity contribution in [3.8, 4) is 22.3 Å². The summed E-state index contributed by atoms with van der Waals surface area (Å²) in [7, 11) is 0. The summed E-state index contributed by atoms with van der Waals surface area (Å²) in [6.07, 6.45) is -0.168. The molecule has 1 aliphatic heterocycles. The van der Waals surface area contributed by atoms with Gasteiger partial charge in [0.05, 0.1) is 5.56 Å². The molecule has 6 aromatic rings. The fraction of sp³-hybridized carbons (Fsp3) is 0.186. The maximum Gasteiger partial charge on any atom is 0.230 e. The van der Waals surface area contributed by atoms with E-state index in [4.69, 9.17) is 4.99 Å². The Morgan fingerprint density at radius 1 is 0.522 bits per heavy atom. The van der Waals surface area contributed by atoms with E-state index in [9.17, 15) is 0 Å². The van der Waals surface area contributed by atoms with Gasteiger partial charge >= 0.3 is 0 Å². The number of benzene rings is 6. The van der Waals surface area contributed by atoms with Gasteiger partial charge in [-0.3, -0.25) is 5.32 Å². The SMILES string of the molecule is CC1(C)c2ccccc2-c2ccc(C3=NC(c4ccc5ccccc5c4)NC(c4ccc5c(c4)C(C)(C)c4ccccc4-5)[NH2+]3)cc21. The first-order chi connectivity index (χ1) is 22.3. The van der Waals surface area contributed by atoms with E-state index in [1.165, 1.54) is 72.0 Å². The van der Waals surface area contributed by atoms with Crippen LogP contribution in [0, 0.1) is 0 Å². The third kappa shape index (κ3) is 4.02. The Hall–Kier alpha value is -4.83. The largest absolute Gasteiger partial charge is 0.278 e. The summed E-state index contributed by atoms with van der Waals surface area (Å²) < 4.78 is 0. The molecule has 0 bridgehead atoms. The molecule has 3 N–H and O–H groups in total. The number of hydrogen-bond donors (Lipinski definition) is 2. The van der Waals surface area contributed by atoms with Crippen LogP contribution in [0.4, 0.5) is 0 Å². The molecule has 1 heterocycles. The van der Waals surface area contributed by atoms with Crippen molar-refractivity contribution in [3.05, 3.63) is 166 Å². The molecular weight excluding hydrogens is 558 g/mol. The molecule has 0 saturated carbocycles. The first-order valence-electron chi connectivity index (χ1n) is 16.5. The summed E-state index contributed by atoms with van der Waals surface area (Å²) in [6, 6.07) is 47.1. The topological polar surface area (TPSA) is 41.0 Å². The normalized spacial score (nSPS) is 20.0. The van der Waals surface area contributed by atoms with E-state index in [1.807, 2.05) is 0 Å². The molecule has 224 valence electrons. The lowest BCUT2D eigenvalue weighted by molar-refractivity contribution is -0.600. The van der Waals surface area contributed by atoms with Crippen LogP contribution in [0.15, 0.2) is 132 Å². The zero-order valence-electron chi connectivity index (χ0n) is 26.8. The summed E-state index contributed by atoms with van der Waals surface area (Å²) in [6.45, 7) is 9.41. The lowest BCUT2D eigenvalue weighted by Crippen LogP contribution is -2.93. The Morgan fingerprint density at radius 3 is 1.80 bits per heavy atom. The highest BCUT2D eigenvalue weighted by Crippen LogP contribution is 2.50. The maximum atomic E-state index is 5.41. The monoisotopic (exact) mass is 596 g/mol. The average Bonchev–Trinajstić information content (AvgIpc) is 3.47. The molecule has 2 unspecified atom stereocenters. The first-order valence-corrected chi connectivity index (χ1v) is 16.5. The summed E-state index contributed by atoms with van der Waals surface area (Å²) >= 11 is 0. The molecule has 0 fully saturated rings. The van der Waals surface area contributed by atoms with Crippen molar-refractivity contribution >= 4 is 16.6 Å². The molecule has 6 aromatic carbocycles. The number of aliphatic imine (C=N–C) groups is 1. The highest BCUT2D eigenvalue weighted by Gasteiger charge is 2.39. The van der Waals surface area contributed by atoms with Crippen molar-refractivity contribution in [1.82, 2.24) is 5.32 Å². The third-order valence-corrected chi connectivity index (χ3v) is 10.9. The Kier molecular flexibility index (Phi) is 5.87. The second-order valence-electron chi connectivity index (χ2n) is 14.2. The van der Waals surface area contributed by atoms with E-state index in [0.717, 1.165) is 5.84 Å². The average molecular weight is 597 g/mol. The van der Waals surface area contributed by atoms with Crippen LogP contribution in [0.1, 0.15) is 79.0 Å². The van der Waals surface area contributed by atoms with E-state index in [1.54, 1.807) is 0 Å². The Bertz CT molecular complexity index is 2240. The summed E-state index contributed by atoms with van der Waals surface area (Å²) in [4.78, 5) is 5.41. The lowest BCUT2D eigenvalue weighted by Gasteiger charge is -2.29. The number of nitrogens with zero attached hydrogens (tertiary/aromatic N) is 1. The molecule has 9 rings (SSSR count). The van der Waals surface area contributed by atoms with Crippen LogP contribution in [0.25, 0.3) is 33.0 Å². The Morgan fingerprint density at radius 2 is 1.09 bits per heavy atom. The minimum Gasteiger partial charge on any atom is -0.278 e. The molecule has 3 aliphatic rings. The van der Waals surface area contributed by atoms with Gasteiger partial charge in [-0.1, -0.05) is 131 Å². The molecule has 0 spiro atoms. The smallest absolute Gasteiger partial charge is 0.230 e. The van der Waals surface area contributed by atoms with Crippen LogP contribution in [0.3, 0.4) is 0 Å². The first kappa shape index (κ1) is 27.5. The maximum absolute atomic E-state index is 5.41. The van der Waals surface area contributed by atoms with Crippen molar-refractivity contribution in [2.45, 2.75) is 50.9 Å². The van der Waals surface area contributed by atoms with Crippen molar-refractivity contribution in [2.24, 2.45) is 4.99 Å². The van der Waals surface area contributed by atoms with Gasteiger partial charge in [0.15, 0.2) is 6.17 Å². The number of fused-ring (bicyclic) bond motifs is 7. The third-order valence-electron chi connectivity index (χ3n) is 10.9. The Labute approximate surface area is 271 Å². The predicted octanol–water partition coefficient (Wildman–Crippen LogP) is 8.76. The second kappa shape index (κ2) is 9.83. The van der Waals surface area contributed by atoms with Gasteiger partial charge in [-0.05, 0) is 85.1 Å². The number of amidine groups is 1. The summed E-state index contributed by atoms with van der Waals surface area (Å²) in [5, 5.41) is 8.75.